The van der Waals surface area contributed by atoms with Crippen LogP contribution in [0.4, 0.5) is 0 Å². The Labute approximate surface area is 140 Å². The molecule has 0 amide bonds. The lowest BCUT2D eigenvalue weighted by atomic mass is 10.1. The third kappa shape index (κ3) is 3.58. The van der Waals surface area contributed by atoms with Crippen LogP contribution in [0.15, 0.2) is 54.7 Å². The van der Waals surface area contributed by atoms with Crippen LogP contribution in [-0.2, 0) is 22.6 Å². The summed E-state index contributed by atoms with van der Waals surface area (Å²) in [7, 11) is 1.60. The number of aromatic amines is 1. The summed E-state index contributed by atoms with van der Waals surface area (Å²) in [6.45, 7) is 0.178. The molecule has 0 aliphatic rings. The van der Waals surface area contributed by atoms with Crippen molar-refractivity contribution in [3.8, 4) is 5.75 Å². The summed E-state index contributed by atoms with van der Waals surface area (Å²) in [5.41, 5.74) is 8.91. The molecule has 24 heavy (non-hydrogen) atoms. The van der Waals surface area contributed by atoms with Gasteiger partial charge in [-0.05, 0) is 29.3 Å². The fourth-order valence-corrected chi connectivity index (χ4v) is 2.64. The SMILES string of the molecule is COc1cccc(COC(=O)[C@@H](N)Cc2c[nH]c3ccccc23)c1. The fraction of sp³-hybridized carbons (Fsp3) is 0.211. The highest BCUT2D eigenvalue weighted by Gasteiger charge is 2.17. The zero-order valence-corrected chi connectivity index (χ0v) is 13.5. The number of rotatable bonds is 6. The Balaban J connectivity index is 1.60. The Morgan fingerprint density at radius 3 is 2.88 bits per heavy atom. The van der Waals surface area contributed by atoms with Crippen molar-refractivity contribution in [3.05, 3.63) is 65.9 Å². The number of fused-ring (bicyclic) bond motifs is 1. The second kappa shape index (κ2) is 7.19. The first-order valence-electron chi connectivity index (χ1n) is 7.77. The van der Waals surface area contributed by atoms with Gasteiger partial charge < -0.3 is 20.2 Å². The largest absolute Gasteiger partial charge is 0.497 e. The summed E-state index contributed by atoms with van der Waals surface area (Å²) in [6, 6.07) is 14.6. The second-order valence-corrected chi connectivity index (χ2v) is 5.63. The number of nitrogens with one attached hydrogen (secondary N) is 1. The number of methoxy groups -OCH3 is 1. The van der Waals surface area contributed by atoms with Gasteiger partial charge in [-0.1, -0.05) is 30.3 Å². The van der Waals surface area contributed by atoms with Gasteiger partial charge >= 0.3 is 5.97 Å². The maximum atomic E-state index is 12.1. The Kier molecular flexibility index (Phi) is 4.82. The molecule has 3 N–H and O–H groups in total. The number of hydrogen-bond acceptors (Lipinski definition) is 4. The van der Waals surface area contributed by atoms with Crippen LogP contribution in [0.25, 0.3) is 10.9 Å². The number of nitrogens with two attached hydrogens (primary N) is 1. The molecule has 0 radical (unpaired) electrons. The van der Waals surface area contributed by atoms with E-state index in [1.165, 1.54) is 0 Å². The molecule has 1 atom stereocenters. The molecule has 0 fully saturated rings. The van der Waals surface area contributed by atoms with Crippen LogP contribution in [0.1, 0.15) is 11.1 Å². The van der Waals surface area contributed by atoms with E-state index in [-0.39, 0.29) is 6.61 Å². The van der Waals surface area contributed by atoms with Gasteiger partial charge in [0.2, 0.25) is 0 Å². The summed E-state index contributed by atoms with van der Waals surface area (Å²) in [5, 5.41) is 1.08. The third-order valence-corrected chi connectivity index (χ3v) is 3.93. The number of H-pyrrole nitrogens is 1. The van der Waals surface area contributed by atoms with Crippen LogP contribution in [0.5, 0.6) is 5.75 Å². The lowest BCUT2D eigenvalue weighted by Gasteiger charge is -2.11. The van der Waals surface area contributed by atoms with Gasteiger partial charge in [0.25, 0.3) is 0 Å². The van der Waals surface area contributed by atoms with Crippen LogP contribution in [-0.4, -0.2) is 24.1 Å². The van der Waals surface area contributed by atoms with Gasteiger partial charge in [-0.25, -0.2) is 0 Å². The number of para-hydroxylation sites is 1. The number of benzene rings is 2. The molecule has 0 spiro atoms. The highest BCUT2D eigenvalue weighted by molar-refractivity contribution is 5.84. The van der Waals surface area contributed by atoms with Crippen molar-refractivity contribution < 1.29 is 14.3 Å². The van der Waals surface area contributed by atoms with Gasteiger partial charge in [0.05, 0.1) is 7.11 Å². The Morgan fingerprint density at radius 2 is 2.04 bits per heavy atom. The van der Waals surface area contributed by atoms with Crippen LogP contribution < -0.4 is 10.5 Å². The average molecular weight is 324 g/mol. The number of carbonyl (C=O) groups is 1. The molecular weight excluding hydrogens is 304 g/mol. The highest BCUT2D eigenvalue weighted by atomic mass is 16.5. The molecule has 5 nitrogen and oxygen atoms in total. The molecule has 0 unspecified atom stereocenters. The van der Waals surface area contributed by atoms with Crippen molar-refractivity contribution in [3.63, 3.8) is 0 Å². The van der Waals surface area contributed by atoms with E-state index in [9.17, 15) is 4.79 Å². The minimum atomic E-state index is -0.699. The predicted molar refractivity (Wildman–Crippen MR) is 92.8 cm³/mol. The van der Waals surface area contributed by atoms with Gasteiger partial charge in [0.15, 0.2) is 0 Å². The van der Waals surface area contributed by atoms with Crippen LogP contribution >= 0.6 is 0 Å². The molecular formula is C19H20N2O3. The third-order valence-electron chi connectivity index (χ3n) is 3.93. The first kappa shape index (κ1) is 16.1. The molecule has 0 saturated heterocycles. The summed E-state index contributed by atoms with van der Waals surface area (Å²) in [4.78, 5) is 15.3. The zero-order valence-electron chi connectivity index (χ0n) is 13.5. The van der Waals surface area contributed by atoms with E-state index in [1.807, 2.05) is 54.7 Å². The molecule has 3 aromatic rings. The summed E-state index contributed by atoms with van der Waals surface area (Å²) in [6.07, 6.45) is 2.32. The maximum Gasteiger partial charge on any atom is 0.323 e. The maximum absolute atomic E-state index is 12.1. The number of ether oxygens (including phenoxy) is 2. The van der Waals surface area contributed by atoms with Gasteiger partial charge in [0.1, 0.15) is 18.4 Å². The molecule has 0 aliphatic carbocycles. The number of esters is 1. The summed E-state index contributed by atoms with van der Waals surface area (Å²) >= 11 is 0. The van der Waals surface area contributed by atoms with E-state index in [4.69, 9.17) is 15.2 Å². The van der Waals surface area contributed by atoms with Crippen molar-refractivity contribution in [1.29, 1.82) is 0 Å². The van der Waals surface area contributed by atoms with Crippen molar-refractivity contribution >= 4 is 16.9 Å². The smallest absolute Gasteiger partial charge is 0.323 e. The molecule has 0 bridgehead atoms. The number of hydrogen-bond donors (Lipinski definition) is 2. The Hall–Kier alpha value is -2.79. The minimum absolute atomic E-state index is 0.178. The summed E-state index contributed by atoms with van der Waals surface area (Å²) in [5.74, 6) is 0.315. The van der Waals surface area contributed by atoms with E-state index in [0.29, 0.717) is 6.42 Å². The molecule has 0 aliphatic heterocycles. The van der Waals surface area contributed by atoms with Gasteiger partial charge in [0, 0.05) is 23.5 Å². The van der Waals surface area contributed by atoms with Gasteiger partial charge in [-0.15, -0.1) is 0 Å². The van der Waals surface area contributed by atoms with E-state index >= 15 is 0 Å². The second-order valence-electron chi connectivity index (χ2n) is 5.63. The quantitative estimate of drug-likeness (QED) is 0.684. The molecule has 3 rings (SSSR count). The van der Waals surface area contributed by atoms with Crippen LogP contribution in [0.2, 0.25) is 0 Å². The monoisotopic (exact) mass is 324 g/mol. The van der Waals surface area contributed by atoms with E-state index in [1.54, 1.807) is 7.11 Å². The molecule has 0 saturated carbocycles. The van der Waals surface area contributed by atoms with Crippen molar-refractivity contribution in [2.75, 3.05) is 7.11 Å². The van der Waals surface area contributed by atoms with Crippen molar-refractivity contribution in [1.82, 2.24) is 4.98 Å². The van der Waals surface area contributed by atoms with Gasteiger partial charge in [-0.3, -0.25) is 4.79 Å². The molecule has 2 aromatic carbocycles. The molecule has 1 heterocycles. The number of carbonyl (C=O) groups excluding carboxylic acids is 1. The fourth-order valence-electron chi connectivity index (χ4n) is 2.64. The summed E-state index contributed by atoms with van der Waals surface area (Å²) < 4.78 is 10.5. The first-order chi connectivity index (χ1) is 11.7. The number of aromatic nitrogens is 1. The zero-order chi connectivity index (χ0) is 16.9. The van der Waals surface area contributed by atoms with Gasteiger partial charge in [-0.2, -0.15) is 0 Å². The topological polar surface area (TPSA) is 77.3 Å². The van der Waals surface area contributed by atoms with Crippen LogP contribution in [0.3, 0.4) is 0 Å². The first-order valence-corrected chi connectivity index (χ1v) is 7.77. The lowest BCUT2D eigenvalue weighted by Crippen LogP contribution is -2.34. The Morgan fingerprint density at radius 1 is 1.21 bits per heavy atom. The highest BCUT2D eigenvalue weighted by Crippen LogP contribution is 2.19. The molecule has 124 valence electrons. The van der Waals surface area contributed by atoms with E-state index in [2.05, 4.69) is 4.98 Å². The standard InChI is InChI=1S/C19H20N2O3/c1-23-15-6-4-5-13(9-15)12-24-19(22)17(20)10-14-11-21-18-8-3-2-7-16(14)18/h2-9,11,17,21H,10,12,20H2,1H3/t17-/m0/s1. The molecule has 1 aromatic heterocycles. The van der Waals surface area contributed by atoms with E-state index in [0.717, 1.165) is 27.8 Å². The molecule has 5 heteroatoms. The van der Waals surface area contributed by atoms with Crippen LogP contribution in [0, 0.1) is 0 Å². The van der Waals surface area contributed by atoms with Crippen molar-refractivity contribution in [2.24, 2.45) is 5.73 Å². The average Bonchev–Trinajstić information content (AvgIpc) is 3.03. The van der Waals surface area contributed by atoms with E-state index < -0.39 is 12.0 Å². The lowest BCUT2D eigenvalue weighted by molar-refractivity contribution is -0.146. The predicted octanol–water partition coefficient (Wildman–Crippen LogP) is 2.79. The minimum Gasteiger partial charge on any atom is -0.497 e. The van der Waals surface area contributed by atoms with Crippen molar-refractivity contribution in [2.45, 2.75) is 19.1 Å². The Bertz CT molecular complexity index is 841. The normalized spacial score (nSPS) is 12.1.